The van der Waals surface area contributed by atoms with Gasteiger partial charge in [-0.2, -0.15) is 0 Å². The second kappa shape index (κ2) is 8.34. The van der Waals surface area contributed by atoms with Crippen LogP contribution >= 0.6 is 0 Å². The van der Waals surface area contributed by atoms with Crippen molar-refractivity contribution in [2.45, 2.75) is 46.6 Å². The van der Waals surface area contributed by atoms with Crippen molar-refractivity contribution in [3.63, 3.8) is 0 Å². The highest BCUT2D eigenvalue weighted by Gasteiger charge is 2.18. The first kappa shape index (κ1) is 19.5. The van der Waals surface area contributed by atoms with E-state index in [4.69, 9.17) is 0 Å². The molecule has 0 aliphatic carbocycles. The lowest BCUT2D eigenvalue weighted by Gasteiger charge is -2.23. The number of carbonyl (C=O) groups excluding carboxylic acids is 1. The third-order valence-corrected chi connectivity index (χ3v) is 5.04. The van der Waals surface area contributed by atoms with Crippen LogP contribution in [0.2, 0.25) is 0 Å². The molecule has 0 saturated heterocycles. The van der Waals surface area contributed by atoms with E-state index in [-0.39, 0.29) is 11.9 Å². The fourth-order valence-electron chi connectivity index (χ4n) is 2.15. The van der Waals surface area contributed by atoms with Gasteiger partial charge < -0.3 is 5.32 Å². The van der Waals surface area contributed by atoms with Crippen LogP contribution in [0.25, 0.3) is 0 Å². The minimum atomic E-state index is -3.37. The second-order valence-electron chi connectivity index (χ2n) is 6.38. The lowest BCUT2D eigenvalue weighted by Crippen LogP contribution is -2.37. The zero-order valence-electron chi connectivity index (χ0n) is 14.7. The number of sulfonamides is 1. The summed E-state index contributed by atoms with van der Waals surface area (Å²) < 4.78 is 25.4. The summed E-state index contributed by atoms with van der Waals surface area (Å²) in [6.45, 7) is 8.29. The van der Waals surface area contributed by atoms with E-state index in [2.05, 4.69) is 5.32 Å². The largest absolute Gasteiger partial charge is 0.353 e. The number of rotatable bonds is 8. The van der Waals surface area contributed by atoms with Gasteiger partial charge in [-0.05, 0) is 43.9 Å². The maximum atomic E-state index is 12.0. The summed E-state index contributed by atoms with van der Waals surface area (Å²) >= 11 is 0. The van der Waals surface area contributed by atoms with Crippen LogP contribution in [0.3, 0.4) is 0 Å². The molecule has 1 rings (SSSR count). The fourth-order valence-corrected chi connectivity index (χ4v) is 3.10. The van der Waals surface area contributed by atoms with Crippen LogP contribution in [0, 0.1) is 12.8 Å². The van der Waals surface area contributed by atoms with Gasteiger partial charge in [0.1, 0.15) is 0 Å². The Balaban J connectivity index is 2.66. The summed E-state index contributed by atoms with van der Waals surface area (Å²) in [4.78, 5) is 11.9. The number of hydrogen-bond donors (Lipinski definition) is 1. The number of anilines is 1. The predicted octanol–water partition coefficient (Wildman–Crippen LogP) is 2.70. The lowest BCUT2D eigenvalue weighted by atomic mass is 10.1. The first-order valence-electron chi connectivity index (χ1n) is 7.95. The molecule has 0 spiro atoms. The summed E-state index contributed by atoms with van der Waals surface area (Å²) in [5, 5.41) is 2.93. The van der Waals surface area contributed by atoms with Gasteiger partial charge in [0.15, 0.2) is 0 Å². The summed E-state index contributed by atoms with van der Waals surface area (Å²) in [6.07, 6.45) is 1.99. The molecule has 1 amide bonds. The summed E-state index contributed by atoms with van der Waals surface area (Å²) in [6, 6.07) is 7.48. The van der Waals surface area contributed by atoms with Crippen molar-refractivity contribution in [1.29, 1.82) is 0 Å². The maximum Gasteiger partial charge on any atom is 0.232 e. The molecule has 23 heavy (non-hydrogen) atoms. The topological polar surface area (TPSA) is 66.5 Å². The highest BCUT2D eigenvalue weighted by atomic mass is 32.2. The van der Waals surface area contributed by atoms with Crippen LogP contribution in [0.5, 0.6) is 0 Å². The Bertz CT molecular complexity index is 626. The van der Waals surface area contributed by atoms with Gasteiger partial charge in [-0.15, -0.1) is 0 Å². The molecule has 0 heterocycles. The minimum absolute atomic E-state index is 0.0381. The van der Waals surface area contributed by atoms with Crippen LogP contribution in [0.1, 0.15) is 39.2 Å². The van der Waals surface area contributed by atoms with Crippen molar-refractivity contribution in [2.75, 3.05) is 17.1 Å². The first-order chi connectivity index (χ1) is 10.6. The van der Waals surface area contributed by atoms with Crippen LogP contribution < -0.4 is 9.62 Å². The maximum absolute atomic E-state index is 12.0. The van der Waals surface area contributed by atoms with Crippen LogP contribution in [0.15, 0.2) is 24.3 Å². The first-order valence-corrected chi connectivity index (χ1v) is 9.80. The molecular formula is C17H28N2O3S. The molecule has 130 valence electrons. The lowest BCUT2D eigenvalue weighted by molar-refractivity contribution is -0.122. The van der Waals surface area contributed by atoms with Gasteiger partial charge >= 0.3 is 0 Å². The molecule has 1 N–H and O–H groups in total. The monoisotopic (exact) mass is 340 g/mol. The molecule has 0 radical (unpaired) electrons. The van der Waals surface area contributed by atoms with Gasteiger partial charge in [0.05, 0.1) is 11.9 Å². The standard InChI is InChI=1S/C17H28N2O3S/c1-13(2)15(4)18-17(20)10-7-11-19(23(5,21)22)16-9-6-8-14(3)12-16/h6,8-9,12-13,15H,7,10-11H2,1-5H3,(H,18,20). The molecule has 0 aliphatic heterocycles. The quantitative estimate of drug-likeness (QED) is 0.791. The van der Waals surface area contributed by atoms with E-state index in [0.29, 0.717) is 31.0 Å². The number of amides is 1. The zero-order valence-corrected chi connectivity index (χ0v) is 15.5. The average molecular weight is 340 g/mol. The molecule has 0 aromatic heterocycles. The normalized spacial score (nSPS) is 13.0. The number of hydrogen-bond acceptors (Lipinski definition) is 3. The van der Waals surface area contributed by atoms with Gasteiger partial charge in [0.2, 0.25) is 15.9 Å². The number of nitrogens with one attached hydrogen (secondary N) is 1. The summed E-state index contributed by atoms with van der Waals surface area (Å²) in [5.74, 6) is 0.336. The van der Waals surface area contributed by atoms with Crippen LogP contribution in [-0.4, -0.2) is 33.2 Å². The van der Waals surface area contributed by atoms with Crippen molar-refractivity contribution in [2.24, 2.45) is 5.92 Å². The molecule has 1 unspecified atom stereocenters. The zero-order chi connectivity index (χ0) is 17.6. The minimum Gasteiger partial charge on any atom is -0.353 e. The third kappa shape index (κ3) is 6.60. The van der Waals surface area contributed by atoms with E-state index in [0.717, 1.165) is 5.56 Å². The SMILES string of the molecule is Cc1cccc(N(CCCC(=O)NC(C)C(C)C)S(C)(=O)=O)c1. The Morgan fingerprint density at radius 1 is 1.26 bits per heavy atom. The van der Waals surface area contributed by atoms with E-state index in [1.807, 2.05) is 45.9 Å². The molecule has 1 aromatic carbocycles. The fraction of sp³-hybridized carbons (Fsp3) is 0.588. The Labute approximate surface area is 140 Å². The smallest absolute Gasteiger partial charge is 0.232 e. The number of carbonyl (C=O) groups is 1. The van der Waals surface area contributed by atoms with Crippen molar-refractivity contribution in [3.8, 4) is 0 Å². The molecule has 6 heteroatoms. The van der Waals surface area contributed by atoms with Crippen LogP contribution in [0.4, 0.5) is 5.69 Å². The predicted molar refractivity (Wildman–Crippen MR) is 95.0 cm³/mol. The Morgan fingerprint density at radius 2 is 1.91 bits per heavy atom. The highest BCUT2D eigenvalue weighted by Crippen LogP contribution is 2.19. The molecule has 0 aliphatic rings. The Morgan fingerprint density at radius 3 is 2.43 bits per heavy atom. The second-order valence-corrected chi connectivity index (χ2v) is 8.28. The van der Waals surface area contributed by atoms with E-state index >= 15 is 0 Å². The van der Waals surface area contributed by atoms with Gasteiger partial charge in [0, 0.05) is 19.0 Å². The molecule has 5 nitrogen and oxygen atoms in total. The molecule has 0 fully saturated rings. The van der Waals surface area contributed by atoms with Crippen molar-refractivity contribution in [1.82, 2.24) is 5.32 Å². The van der Waals surface area contributed by atoms with Gasteiger partial charge in [-0.3, -0.25) is 9.10 Å². The van der Waals surface area contributed by atoms with E-state index < -0.39 is 10.0 Å². The Kier molecular flexibility index (Phi) is 7.06. The Hall–Kier alpha value is -1.56. The van der Waals surface area contributed by atoms with Crippen molar-refractivity contribution >= 4 is 21.6 Å². The number of aryl methyl sites for hydroxylation is 1. The summed E-state index contributed by atoms with van der Waals surface area (Å²) in [7, 11) is -3.37. The van der Waals surface area contributed by atoms with Crippen molar-refractivity contribution in [3.05, 3.63) is 29.8 Å². The third-order valence-electron chi connectivity index (χ3n) is 3.84. The molecule has 0 bridgehead atoms. The van der Waals surface area contributed by atoms with Crippen molar-refractivity contribution < 1.29 is 13.2 Å². The summed E-state index contributed by atoms with van der Waals surface area (Å²) in [5.41, 5.74) is 1.64. The highest BCUT2D eigenvalue weighted by molar-refractivity contribution is 7.92. The average Bonchev–Trinajstić information content (AvgIpc) is 2.41. The number of nitrogens with zero attached hydrogens (tertiary/aromatic N) is 1. The molecule has 0 saturated carbocycles. The molecule has 1 atom stereocenters. The van der Waals surface area contributed by atoms with Gasteiger partial charge in [0.25, 0.3) is 0 Å². The van der Waals surface area contributed by atoms with E-state index in [1.54, 1.807) is 6.07 Å². The molecular weight excluding hydrogens is 312 g/mol. The molecule has 1 aromatic rings. The van der Waals surface area contributed by atoms with E-state index in [1.165, 1.54) is 10.6 Å². The van der Waals surface area contributed by atoms with Gasteiger partial charge in [-0.1, -0.05) is 26.0 Å². The van der Waals surface area contributed by atoms with Gasteiger partial charge in [-0.25, -0.2) is 8.42 Å². The van der Waals surface area contributed by atoms with Crippen LogP contribution in [-0.2, 0) is 14.8 Å². The number of benzene rings is 1. The van der Waals surface area contributed by atoms with E-state index in [9.17, 15) is 13.2 Å².